The maximum absolute atomic E-state index is 4.16. The molecule has 0 aliphatic carbocycles. The van der Waals surface area contributed by atoms with Gasteiger partial charge < -0.3 is 5.32 Å². The van der Waals surface area contributed by atoms with Gasteiger partial charge in [-0.15, -0.1) is 5.10 Å². The van der Waals surface area contributed by atoms with Crippen LogP contribution < -0.4 is 5.32 Å². The summed E-state index contributed by atoms with van der Waals surface area (Å²) in [7, 11) is 0. The van der Waals surface area contributed by atoms with Gasteiger partial charge in [-0.1, -0.05) is 4.49 Å². The maximum Gasteiger partial charge on any atom is 0.134 e. The average molecular weight is 212 g/mol. The molecule has 1 aromatic rings. The van der Waals surface area contributed by atoms with Crippen molar-refractivity contribution < 1.29 is 0 Å². The standard InChI is InChI=1S/C9H16N4S/c1-2-10-9-8(11-12-14-9)7-13-5-3-4-6-13/h10H,2-7H2,1H3. The molecule has 0 saturated carbocycles. The number of hydrogen-bond donors (Lipinski definition) is 1. The Kier molecular flexibility index (Phi) is 3.31. The highest BCUT2D eigenvalue weighted by molar-refractivity contribution is 7.10. The molecule has 2 rings (SSSR count). The first-order valence-electron chi connectivity index (χ1n) is 5.17. The van der Waals surface area contributed by atoms with Crippen molar-refractivity contribution in [3.63, 3.8) is 0 Å². The van der Waals surface area contributed by atoms with Crippen molar-refractivity contribution in [1.82, 2.24) is 14.5 Å². The molecule has 0 spiro atoms. The fraction of sp³-hybridized carbons (Fsp3) is 0.778. The average Bonchev–Trinajstić information content (AvgIpc) is 2.80. The van der Waals surface area contributed by atoms with Crippen LogP contribution in [0.25, 0.3) is 0 Å². The molecule has 0 bridgehead atoms. The van der Waals surface area contributed by atoms with Gasteiger partial charge in [0.2, 0.25) is 0 Å². The fourth-order valence-corrected chi connectivity index (χ4v) is 2.40. The van der Waals surface area contributed by atoms with Crippen LogP contribution in [0, 0.1) is 0 Å². The number of anilines is 1. The molecule has 0 amide bonds. The molecular weight excluding hydrogens is 196 g/mol. The van der Waals surface area contributed by atoms with Crippen LogP contribution in [0.4, 0.5) is 5.00 Å². The number of hydrogen-bond acceptors (Lipinski definition) is 5. The van der Waals surface area contributed by atoms with E-state index < -0.39 is 0 Å². The Morgan fingerprint density at radius 2 is 2.21 bits per heavy atom. The molecule has 2 heterocycles. The minimum atomic E-state index is 0.941. The normalized spacial score (nSPS) is 17.5. The molecule has 0 radical (unpaired) electrons. The highest BCUT2D eigenvalue weighted by Crippen LogP contribution is 2.20. The van der Waals surface area contributed by atoms with Crippen molar-refractivity contribution in [2.75, 3.05) is 25.0 Å². The van der Waals surface area contributed by atoms with Crippen molar-refractivity contribution in [2.45, 2.75) is 26.3 Å². The van der Waals surface area contributed by atoms with E-state index in [1.54, 1.807) is 0 Å². The smallest absolute Gasteiger partial charge is 0.134 e. The van der Waals surface area contributed by atoms with E-state index in [0.29, 0.717) is 0 Å². The lowest BCUT2D eigenvalue weighted by atomic mass is 10.4. The Bertz CT molecular complexity index is 280. The summed E-state index contributed by atoms with van der Waals surface area (Å²) >= 11 is 1.46. The second-order valence-electron chi connectivity index (χ2n) is 3.56. The Labute approximate surface area is 88.5 Å². The van der Waals surface area contributed by atoms with Gasteiger partial charge in [-0.25, -0.2) is 0 Å². The minimum Gasteiger partial charge on any atom is -0.374 e. The predicted molar refractivity (Wildman–Crippen MR) is 58.6 cm³/mol. The van der Waals surface area contributed by atoms with Gasteiger partial charge in [0.25, 0.3) is 0 Å². The van der Waals surface area contributed by atoms with Crippen LogP contribution in [0.3, 0.4) is 0 Å². The first kappa shape index (κ1) is 9.86. The Morgan fingerprint density at radius 3 is 2.93 bits per heavy atom. The van der Waals surface area contributed by atoms with Gasteiger partial charge in [0.1, 0.15) is 10.7 Å². The van der Waals surface area contributed by atoms with Crippen LogP contribution in [0.15, 0.2) is 0 Å². The van der Waals surface area contributed by atoms with E-state index in [1.807, 2.05) is 0 Å². The number of nitrogens with zero attached hydrogens (tertiary/aromatic N) is 3. The zero-order chi connectivity index (χ0) is 9.80. The van der Waals surface area contributed by atoms with E-state index in [2.05, 4.69) is 26.7 Å². The summed E-state index contributed by atoms with van der Waals surface area (Å²) in [6.45, 7) is 6.42. The summed E-state index contributed by atoms with van der Waals surface area (Å²) in [5.74, 6) is 0. The van der Waals surface area contributed by atoms with Crippen LogP contribution >= 0.6 is 11.5 Å². The second kappa shape index (κ2) is 4.70. The lowest BCUT2D eigenvalue weighted by Gasteiger charge is -2.13. The molecule has 1 fully saturated rings. The van der Waals surface area contributed by atoms with Crippen molar-refractivity contribution in [2.24, 2.45) is 0 Å². The molecule has 78 valence electrons. The highest BCUT2D eigenvalue weighted by atomic mass is 32.1. The molecule has 4 nitrogen and oxygen atoms in total. The van der Waals surface area contributed by atoms with Gasteiger partial charge in [0, 0.05) is 24.6 Å². The third-order valence-corrected chi connectivity index (χ3v) is 3.19. The Balaban J connectivity index is 1.96. The molecule has 0 unspecified atom stereocenters. The molecule has 0 atom stereocenters. The molecule has 1 saturated heterocycles. The number of likely N-dealkylation sites (tertiary alicyclic amines) is 1. The predicted octanol–water partition coefficient (Wildman–Crippen LogP) is 1.57. The zero-order valence-corrected chi connectivity index (χ0v) is 9.31. The van der Waals surface area contributed by atoms with E-state index in [9.17, 15) is 0 Å². The first-order chi connectivity index (χ1) is 6.90. The van der Waals surface area contributed by atoms with Crippen LogP contribution in [0.1, 0.15) is 25.5 Å². The maximum atomic E-state index is 4.16. The van der Waals surface area contributed by atoms with E-state index in [4.69, 9.17) is 0 Å². The molecule has 1 aliphatic rings. The number of nitrogens with one attached hydrogen (secondary N) is 1. The van der Waals surface area contributed by atoms with Crippen molar-refractivity contribution >= 4 is 16.5 Å². The van der Waals surface area contributed by atoms with Gasteiger partial charge in [-0.3, -0.25) is 4.90 Å². The third kappa shape index (κ3) is 2.22. The lowest BCUT2D eigenvalue weighted by Crippen LogP contribution is -2.19. The molecule has 14 heavy (non-hydrogen) atoms. The summed E-state index contributed by atoms with van der Waals surface area (Å²) in [6.07, 6.45) is 2.65. The SMILES string of the molecule is CCNc1snnc1CN1CCCC1. The molecule has 1 aromatic heterocycles. The van der Waals surface area contributed by atoms with Crippen LogP contribution in [0.2, 0.25) is 0 Å². The van der Waals surface area contributed by atoms with Crippen molar-refractivity contribution in [1.29, 1.82) is 0 Å². The number of rotatable bonds is 4. The molecule has 1 N–H and O–H groups in total. The second-order valence-corrected chi connectivity index (χ2v) is 4.32. The lowest BCUT2D eigenvalue weighted by molar-refractivity contribution is 0.327. The van der Waals surface area contributed by atoms with Crippen molar-refractivity contribution in [3.8, 4) is 0 Å². The van der Waals surface area contributed by atoms with Crippen LogP contribution in [-0.2, 0) is 6.54 Å². The molecular formula is C9H16N4S. The summed E-state index contributed by atoms with van der Waals surface area (Å²) in [6, 6.07) is 0. The number of aromatic nitrogens is 2. The largest absolute Gasteiger partial charge is 0.374 e. The summed E-state index contributed by atoms with van der Waals surface area (Å²) in [5.41, 5.74) is 1.11. The van der Waals surface area contributed by atoms with E-state index in [-0.39, 0.29) is 0 Å². The summed E-state index contributed by atoms with van der Waals surface area (Å²) in [4.78, 5) is 2.44. The summed E-state index contributed by atoms with van der Waals surface area (Å²) in [5, 5.41) is 8.60. The third-order valence-electron chi connectivity index (χ3n) is 2.47. The molecule has 0 aromatic carbocycles. The monoisotopic (exact) mass is 212 g/mol. The van der Waals surface area contributed by atoms with E-state index in [1.165, 1.54) is 37.5 Å². The van der Waals surface area contributed by atoms with E-state index in [0.717, 1.165) is 23.8 Å². The van der Waals surface area contributed by atoms with E-state index >= 15 is 0 Å². The topological polar surface area (TPSA) is 41.1 Å². The summed E-state index contributed by atoms with van der Waals surface area (Å²) < 4.78 is 3.99. The van der Waals surface area contributed by atoms with Crippen LogP contribution in [0.5, 0.6) is 0 Å². The zero-order valence-electron chi connectivity index (χ0n) is 8.49. The highest BCUT2D eigenvalue weighted by Gasteiger charge is 2.15. The molecule has 1 aliphatic heterocycles. The molecule has 5 heteroatoms. The van der Waals surface area contributed by atoms with Crippen molar-refractivity contribution in [3.05, 3.63) is 5.69 Å². The minimum absolute atomic E-state index is 0.941. The Morgan fingerprint density at radius 1 is 1.43 bits per heavy atom. The Hall–Kier alpha value is -0.680. The van der Waals surface area contributed by atoms with Gasteiger partial charge in [-0.2, -0.15) is 0 Å². The van der Waals surface area contributed by atoms with Gasteiger partial charge in [0.05, 0.1) is 0 Å². The fourth-order valence-electron chi connectivity index (χ4n) is 1.76. The van der Waals surface area contributed by atoms with Gasteiger partial charge >= 0.3 is 0 Å². The van der Waals surface area contributed by atoms with Gasteiger partial charge in [-0.05, 0) is 32.9 Å². The van der Waals surface area contributed by atoms with Gasteiger partial charge in [0.15, 0.2) is 0 Å². The first-order valence-corrected chi connectivity index (χ1v) is 5.95. The quantitative estimate of drug-likeness (QED) is 0.822. The van der Waals surface area contributed by atoms with Crippen LogP contribution in [-0.4, -0.2) is 34.1 Å².